The minimum Gasteiger partial charge on any atom is -0.494 e. The molecule has 0 saturated heterocycles. The summed E-state index contributed by atoms with van der Waals surface area (Å²) in [5.41, 5.74) is 2.61. The lowest BCUT2D eigenvalue weighted by Crippen LogP contribution is -2.44. The zero-order chi connectivity index (χ0) is 24.7. The van der Waals surface area contributed by atoms with Crippen molar-refractivity contribution in [2.45, 2.75) is 25.6 Å². The molecule has 2 amide bonds. The Hall–Kier alpha value is -3.61. The van der Waals surface area contributed by atoms with Crippen molar-refractivity contribution >= 4 is 50.0 Å². The first-order valence-electron chi connectivity index (χ1n) is 10.8. The van der Waals surface area contributed by atoms with Crippen molar-refractivity contribution in [2.75, 3.05) is 32.6 Å². The standard InChI is InChI=1S/C22H22F3N7O2S/c1-31(6-4-22(23,24)25)21(33)32-5-3-13-17(10-32)35-20-18(13)19(26-11-27-20)29-15-7-12-9-28-30-14(12)8-16(15)34-2/h7-9,11H,3-6,10H2,1-2H3,(H,28,30)(H,26,27,29). The van der Waals surface area contributed by atoms with Crippen LogP contribution in [0.5, 0.6) is 5.75 Å². The quantitative estimate of drug-likeness (QED) is 0.409. The summed E-state index contributed by atoms with van der Waals surface area (Å²) < 4.78 is 43.2. The molecule has 0 bridgehead atoms. The van der Waals surface area contributed by atoms with Crippen LogP contribution in [0.25, 0.3) is 21.1 Å². The van der Waals surface area contributed by atoms with E-state index in [1.807, 2.05) is 12.1 Å². The van der Waals surface area contributed by atoms with Crippen molar-refractivity contribution < 1.29 is 22.7 Å². The van der Waals surface area contributed by atoms with E-state index in [4.69, 9.17) is 4.74 Å². The number of ether oxygens (including phenoxy) is 1. The monoisotopic (exact) mass is 505 g/mol. The van der Waals surface area contributed by atoms with Crippen LogP contribution < -0.4 is 10.1 Å². The first-order valence-corrected chi connectivity index (χ1v) is 11.7. The van der Waals surface area contributed by atoms with Gasteiger partial charge in [-0.15, -0.1) is 11.3 Å². The molecule has 0 spiro atoms. The van der Waals surface area contributed by atoms with Crippen molar-refractivity contribution in [3.63, 3.8) is 0 Å². The minimum absolute atomic E-state index is 0.315. The number of fused-ring (bicyclic) bond motifs is 4. The molecule has 0 aliphatic carbocycles. The molecule has 35 heavy (non-hydrogen) atoms. The van der Waals surface area contributed by atoms with Gasteiger partial charge < -0.3 is 19.9 Å². The number of amides is 2. The maximum atomic E-state index is 12.7. The summed E-state index contributed by atoms with van der Waals surface area (Å²) in [6, 6.07) is 3.35. The molecule has 1 aliphatic rings. The van der Waals surface area contributed by atoms with Gasteiger partial charge in [-0.25, -0.2) is 14.8 Å². The van der Waals surface area contributed by atoms with E-state index in [1.54, 1.807) is 18.2 Å². The van der Waals surface area contributed by atoms with Gasteiger partial charge in [-0.2, -0.15) is 18.3 Å². The lowest BCUT2D eigenvalue weighted by Gasteiger charge is -2.31. The molecule has 4 heterocycles. The van der Waals surface area contributed by atoms with E-state index in [9.17, 15) is 18.0 Å². The number of benzene rings is 1. The molecule has 0 fully saturated rings. The second-order valence-electron chi connectivity index (χ2n) is 8.28. The van der Waals surface area contributed by atoms with Crippen molar-refractivity contribution in [3.8, 4) is 5.75 Å². The summed E-state index contributed by atoms with van der Waals surface area (Å²) in [6.07, 6.45) is -1.59. The number of carbonyl (C=O) groups excluding carboxylic acids is 1. The fourth-order valence-electron chi connectivity index (χ4n) is 4.18. The van der Waals surface area contributed by atoms with Crippen LogP contribution >= 0.6 is 11.3 Å². The Bertz CT molecular complexity index is 1400. The summed E-state index contributed by atoms with van der Waals surface area (Å²) in [6.45, 7) is 0.336. The average molecular weight is 506 g/mol. The number of halogens is 3. The number of H-pyrrole nitrogens is 1. The van der Waals surface area contributed by atoms with Gasteiger partial charge >= 0.3 is 12.2 Å². The molecule has 1 aliphatic heterocycles. The Morgan fingerprint density at radius 1 is 1.34 bits per heavy atom. The number of nitrogens with one attached hydrogen (secondary N) is 2. The van der Waals surface area contributed by atoms with Crippen LogP contribution in [0, 0.1) is 0 Å². The molecular formula is C22H22F3N7O2S. The van der Waals surface area contributed by atoms with E-state index in [0.717, 1.165) is 42.1 Å². The van der Waals surface area contributed by atoms with Crippen LogP contribution in [-0.4, -0.2) is 69.4 Å². The van der Waals surface area contributed by atoms with Gasteiger partial charge in [-0.3, -0.25) is 5.10 Å². The number of rotatable bonds is 5. The SMILES string of the molecule is COc1cc2[nH]ncc2cc1Nc1ncnc2sc3c(c12)CCN(C(=O)N(C)CCC(F)(F)F)C3. The molecule has 184 valence electrons. The van der Waals surface area contributed by atoms with E-state index < -0.39 is 18.6 Å². The van der Waals surface area contributed by atoms with Gasteiger partial charge in [0.2, 0.25) is 0 Å². The number of thiophene rings is 1. The number of hydrogen-bond acceptors (Lipinski definition) is 7. The molecule has 9 nitrogen and oxygen atoms in total. The number of aromatic nitrogens is 4. The molecule has 0 radical (unpaired) electrons. The first kappa shape index (κ1) is 23.1. The number of aromatic amines is 1. The molecular weight excluding hydrogens is 483 g/mol. The Morgan fingerprint density at radius 2 is 2.17 bits per heavy atom. The van der Waals surface area contributed by atoms with Crippen LogP contribution in [0.2, 0.25) is 0 Å². The highest BCUT2D eigenvalue weighted by atomic mass is 32.1. The third kappa shape index (κ3) is 4.55. The number of carbonyl (C=O) groups is 1. The van der Waals surface area contributed by atoms with Gasteiger partial charge in [0, 0.05) is 36.5 Å². The molecule has 4 aromatic rings. The molecule has 2 N–H and O–H groups in total. The van der Waals surface area contributed by atoms with Crippen LogP contribution in [0.3, 0.4) is 0 Å². The minimum atomic E-state index is -4.30. The predicted molar refractivity (Wildman–Crippen MR) is 126 cm³/mol. The Morgan fingerprint density at radius 3 is 2.94 bits per heavy atom. The lowest BCUT2D eigenvalue weighted by atomic mass is 10.0. The second kappa shape index (κ2) is 8.87. The van der Waals surface area contributed by atoms with E-state index in [0.29, 0.717) is 31.1 Å². The molecule has 3 aromatic heterocycles. The number of methoxy groups -OCH3 is 1. The number of anilines is 2. The third-order valence-electron chi connectivity index (χ3n) is 5.98. The molecule has 0 unspecified atom stereocenters. The Labute approximate surface area is 201 Å². The molecule has 5 rings (SSSR count). The topological polar surface area (TPSA) is 99.3 Å². The van der Waals surface area contributed by atoms with E-state index >= 15 is 0 Å². The average Bonchev–Trinajstić information content (AvgIpc) is 3.44. The molecule has 0 atom stereocenters. The van der Waals surface area contributed by atoms with E-state index in [2.05, 4.69) is 25.5 Å². The molecule has 13 heteroatoms. The van der Waals surface area contributed by atoms with Crippen LogP contribution in [0.4, 0.5) is 29.5 Å². The highest BCUT2D eigenvalue weighted by Crippen LogP contribution is 2.40. The van der Waals surface area contributed by atoms with Crippen LogP contribution in [-0.2, 0) is 13.0 Å². The Kier molecular flexibility index (Phi) is 5.87. The molecule has 0 saturated carbocycles. The van der Waals surface area contributed by atoms with Gasteiger partial charge in [-0.1, -0.05) is 0 Å². The maximum absolute atomic E-state index is 12.7. The van der Waals surface area contributed by atoms with E-state index in [1.165, 1.54) is 24.7 Å². The van der Waals surface area contributed by atoms with Crippen molar-refractivity contribution in [1.29, 1.82) is 0 Å². The summed E-state index contributed by atoms with van der Waals surface area (Å²) in [4.78, 5) is 26.0. The maximum Gasteiger partial charge on any atom is 0.390 e. The Balaban J connectivity index is 1.41. The fourth-order valence-corrected chi connectivity index (χ4v) is 5.39. The zero-order valence-corrected chi connectivity index (χ0v) is 19.8. The van der Waals surface area contributed by atoms with Gasteiger partial charge in [-0.05, 0) is 18.1 Å². The summed E-state index contributed by atoms with van der Waals surface area (Å²) in [5.74, 6) is 1.24. The zero-order valence-electron chi connectivity index (χ0n) is 18.9. The van der Waals surface area contributed by atoms with Gasteiger partial charge in [0.1, 0.15) is 22.7 Å². The van der Waals surface area contributed by atoms with Gasteiger partial charge in [0.15, 0.2) is 0 Å². The van der Waals surface area contributed by atoms with Gasteiger partial charge in [0.05, 0.1) is 42.9 Å². The smallest absolute Gasteiger partial charge is 0.390 e. The first-order chi connectivity index (χ1) is 16.7. The highest BCUT2D eigenvalue weighted by molar-refractivity contribution is 7.19. The van der Waals surface area contributed by atoms with Crippen molar-refractivity contribution in [3.05, 3.63) is 35.1 Å². The molecule has 1 aromatic carbocycles. The second-order valence-corrected chi connectivity index (χ2v) is 9.37. The van der Waals surface area contributed by atoms with Gasteiger partial charge in [0.25, 0.3) is 0 Å². The third-order valence-corrected chi connectivity index (χ3v) is 7.10. The van der Waals surface area contributed by atoms with Crippen molar-refractivity contribution in [2.24, 2.45) is 0 Å². The summed E-state index contributed by atoms with van der Waals surface area (Å²) >= 11 is 1.46. The summed E-state index contributed by atoms with van der Waals surface area (Å²) in [5, 5.41) is 12.1. The van der Waals surface area contributed by atoms with Crippen LogP contribution in [0.1, 0.15) is 16.9 Å². The predicted octanol–water partition coefficient (Wildman–Crippen LogP) is 4.68. The number of nitrogens with zero attached hydrogens (tertiary/aromatic N) is 5. The van der Waals surface area contributed by atoms with E-state index in [-0.39, 0.29) is 6.54 Å². The fraction of sp³-hybridized carbons (Fsp3) is 0.364. The largest absolute Gasteiger partial charge is 0.494 e. The lowest BCUT2D eigenvalue weighted by molar-refractivity contribution is -0.136. The number of hydrogen-bond donors (Lipinski definition) is 2. The number of urea groups is 1. The number of alkyl halides is 3. The summed E-state index contributed by atoms with van der Waals surface area (Å²) in [7, 11) is 2.98. The van der Waals surface area contributed by atoms with Crippen molar-refractivity contribution in [1.82, 2.24) is 30.0 Å². The normalized spacial score (nSPS) is 13.8. The van der Waals surface area contributed by atoms with Crippen LogP contribution in [0.15, 0.2) is 24.7 Å². The highest BCUT2D eigenvalue weighted by Gasteiger charge is 2.31.